The third-order valence-corrected chi connectivity index (χ3v) is 4.88. The van der Waals surface area contributed by atoms with Gasteiger partial charge in [0.25, 0.3) is 0 Å². The zero-order valence-corrected chi connectivity index (χ0v) is 12.6. The smallest absolute Gasteiger partial charge is 0.242 e. The molecule has 5 nitrogen and oxygen atoms in total. The van der Waals surface area contributed by atoms with Gasteiger partial charge in [-0.05, 0) is 36.4 Å². The number of ether oxygens (including phenoxy) is 1. The number of hydrogen-bond acceptors (Lipinski definition) is 4. The third-order valence-electron chi connectivity index (χ3n) is 3.01. The molecule has 2 N–H and O–H groups in total. The van der Waals surface area contributed by atoms with Crippen LogP contribution in [0.5, 0.6) is 5.75 Å². The largest absolute Gasteiger partial charge is 0.492 e. The summed E-state index contributed by atoms with van der Waals surface area (Å²) in [6.07, 6.45) is 0. The Hall–Kier alpha value is -2.05. The molecule has 0 unspecified atom stereocenters. The van der Waals surface area contributed by atoms with Gasteiger partial charge in [-0.3, -0.25) is 0 Å². The van der Waals surface area contributed by atoms with Crippen molar-refractivity contribution >= 4 is 15.7 Å². The van der Waals surface area contributed by atoms with E-state index in [1.807, 2.05) is 30.3 Å². The SMILES string of the molecule is CN(CCOc1ccccc1)S(=O)(=O)c1ccc(N)cc1. The van der Waals surface area contributed by atoms with E-state index in [0.29, 0.717) is 5.69 Å². The number of sulfonamides is 1. The quantitative estimate of drug-likeness (QED) is 0.828. The van der Waals surface area contributed by atoms with Crippen molar-refractivity contribution in [3.63, 3.8) is 0 Å². The zero-order valence-electron chi connectivity index (χ0n) is 11.8. The Balaban J connectivity index is 1.96. The third kappa shape index (κ3) is 3.96. The average molecular weight is 306 g/mol. The summed E-state index contributed by atoms with van der Waals surface area (Å²) < 4.78 is 31.4. The molecule has 6 heteroatoms. The summed E-state index contributed by atoms with van der Waals surface area (Å²) in [5.41, 5.74) is 6.09. The number of rotatable bonds is 6. The van der Waals surface area contributed by atoms with Gasteiger partial charge in [-0.25, -0.2) is 8.42 Å². The molecule has 0 aromatic heterocycles. The van der Waals surface area contributed by atoms with E-state index in [1.165, 1.54) is 23.5 Å². The van der Waals surface area contributed by atoms with E-state index >= 15 is 0 Å². The van der Waals surface area contributed by atoms with Crippen molar-refractivity contribution in [2.24, 2.45) is 0 Å². The van der Waals surface area contributed by atoms with Crippen LogP contribution in [0.3, 0.4) is 0 Å². The maximum Gasteiger partial charge on any atom is 0.242 e. The first-order valence-electron chi connectivity index (χ1n) is 6.50. The molecule has 0 aliphatic carbocycles. The van der Waals surface area contributed by atoms with Crippen molar-refractivity contribution in [1.29, 1.82) is 0 Å². The van der Waals surface area contributed by atoms with Gasteiger partial charge < -0.3 is 10.5 Å². The molecule has 0 saturated carbocycles. The number of likely N-dealkylation sites (N-methyl/N-ethyl adjacent to an activating group) is 1. The molecule has 0 amide bonds. The highest BCUT2D eigenvalue weighted by Crippen LogP contribution is 2.16. The van der Waals surface area contributed by atoms with E-state index < -0.39 is 10.0 Å². The van der Waals surface area contributed by atoms with Gasteiger partial charge in [0.15, 0.2) is 0 Å². The van der Waals surface area contributed by atoms with Crippen LogP contribution in [0.15, 0.2) is 59.5 Å². The zero-order chi connectivity index (χ0) is 15.3. The molecule has 2 aromatic carbocycles. The Morgan fingerprint density at radius 2 is 1.67 bits per heavy atom. The Morgan fingerprint density at radius 3 is 2.29 bits per heavy atom. The summed E-state index contributed by atoms with van der Waals surface area (Å²) in [7, 11) is -1.98. The molecule has 112 valence electrons. The van der Waals surface area contributed by atoms with Crippen LogP contribution in [-0.2, 0) is 10.0 Å². The summed E-state index contributed by atoms with van der Waals surface area (Å²) in [5.74, 6) is 0.718. The van der Waals surface area contributed by atoms with Crippen LogP contribution in [0.1, 0.15) is 0 Å². The highest BCUT2D eigenvalue weighted by atomic mass is 32.2. The second kappa shape index (κ2) is 6.60. The first kappa shape index (κ1) is 15.3. The number of nitrogens with zero attached hydrogens (tertiary/aromatic N) is 1. The van der Waals surface area contributed by atoms with E-state index in [9.17, 15) is 8.42 Å². The predicted octanol–water partition coefficient (Wildman–Crippen LogP) is 1.97. The molecule has 2 rings (SSSR count). The van der Waals surface area contributed by atoms with Crippen molar-refractivity contribution in [3.8, 4) is 5.75 Å². The summed E-state index contributed by atoms with van der Waals surface area (Å²) in [4.78, 5) is 0.221. The molecule has 0 atom stereocenters. The van der Waals surface area contributed by atoms with Crippen molar-refractivity contribution in [2.45, 2.75) is 4.90 Å². The van der Waals surface area contributed by atoms with Gasteiger partial charge in [0.05, 0.1) is 4.90 Å². The van der Waals surface area contributed by atoms with Crippen LogP contribution in [0, 0.1) is 0 Å². The minimum atomic E-state index is -3.51. The second-order valence-corrected chi connectivity index (χ2v) is 6.60. The number of nitrogens with two attached hydrogens (primary N) is 1. The molecule has 0 radical (unpaired) electrons. The van der Waals surface area contributed by atoms with Crippen molar-refractivity contribution in [3.05, 3.63) is 54.6 Å². The summed E-state index contributed by atoms with van der Waals surface area (Å²) in [6, 6.07) is 15.4. The number of nitrogen functional groups attached to an aromatic ring is 1. The number of hydrogen-bond donors (Lipinski definition) is 1. The lowest BCUT2D eigenvalue weighted by molar-refractivity contribution is 0.287. The molecule has 0 spiro atoms. The van der Waals surface area contributed by atoms with Gasteiger partial charge in [-0.15, -0.1) is 0 Å². The van der Waals surface area contributed by atoms with Gasteiger partial charge in [0, 0.05) is 19.3 Å². The van der Waals surface area contributed by atoms with Crippen LogP contribution < -0.4 is 10.5 Å². The van der Waals surface area contributed by atoms with Gasteiger partial charge >= 0.3 is 0 Å². The summed E-state index contributed by atoms with van der Waals surface area (Å²) in [6.45, 7) is 0.552. The van der Waals surface area contributed by atoms with Crippen LogP contribution >= 0.6 is 0 Å². The molecule has 0 fully saturated rings. The lowest BCUT2D eigenvalue weighted by atomic mass is 10.3. The van der Waals surface area contributed by atoms with Crippen LogP contribution in [-0.4, -0.2) is 32.9 Å². The molecule has 21 heavy (non-hydrogen) atoms. The maximum atomic E-state index is 12.3. The Morgan fingerprint density at radius 1 is 1.05 bits per heavy atom. The van der Waals surface area contributed by atoms with Gasteiger partial charge in [0.1, 0.15) is 12.4 Å². The van der Waals surface area contributed by atoms with Crippen molar-refractivity contribution in [1.82, 2.24) is 4.31 Å². The minimum absolute atomic E-state index is 0.221. The Kier molecular flexibility index (Phi) is 4.82. The standard InChI is InChI=1S/C15H18N2O3S/c1-17(11-12-20-14-5-3-2-4-6-14)21(18,19)15-9-7-13(16)8-10-15/h2-10H,11-12,16H2,1H3. The van der Waals surface area contributed by atoms with Gasteiger partial charge in [-0.1, -0.05) is 18.2 Å². The van der Waals surface area contributed by atoms with E-state index in [4.69, 9.17) is 10.5 Å². The molecular weight excluding hydrogens is 288 g/mol. The monoisotopic (exact) mass is 306 g/mol. The lowest BCUT2D eigenvalue weighted by Crippen LogP contribution is -2.31. The van der Waals surface area contributed by atoms with E-state index in [0.717, 1.165) is 5.75 Å². The molecule has 0 aliphatic heterocycles. The van der Waals surface area contributed by atoms with E-state index in [-0.39, 0.29) is 18.0 Å². The molecule has 0 bridgehead atoms. The van der Waals surface area contributed by atoms with Crippen LogP contribution in [0.25, 0.3) is 0 Å². The first-order valence-corrected chi connectivity index (χ1v) is 7.94. The first-order chi connectivity index (χ1) is 10.00. The molecule has 0 heterocycles. The van der Waals surface area contributed by atoms with Crippen LogP contribution in [0.2, 0.25) is 0 Å². The normalized spacial score (nSPS) is 11.5. The van der Waals surface area contributed by atoms with Crippen molar-refractivity contribution < 1.29 is 13.2 Å². The molecule has 2 aromatic rings. The topological polar surface area (TPSA) is 72.6 Å². The molecule has 0 saturated heterocycles. The second-order valence-electron chi connectivity index (χ2n) is 4.56. The van der Waals surface area contributed by atoms with E-state index in [1.54, 1.807) is 12.1 Å². The van der Waals surface area contributed by atoms with Crippen molar-refractivity contribution in [2.75, 3.05) is 25.9 Å². The summed E-state index contributed by atoms with van der Waals surface area (Å²) >= 11 is 0. The Bertz CT molecular complexity index is 670. The molecular formula is C15H18N2O3S. The molecule has 0 aliphatic rings. The lowest BCUT2D eigenvalue weighted by Gasteiger charge is -2.17. The fraction of sp³-hybridized carbons (Fsp3) is 0.200. The number of benzene rings is 2. The van der Waals surface area contributed by atoms with Crippen LogP contribution in [0.4, 0.5) is 5.69 Å². The summed E-state index contributed by atoms with van der Waals surface area (Å²) in [5, 5.41) is 0. The highest BCUT2D eigenvalue weighted by molar-refractivity contribution is 7.89. The number of anilines is 1. The predicted molar refractivity (Wildman–Crippen MR) is 82.6 cm³/mol. The minimum Gasteiger partial charge on any atom is -0.492 e. The Labute approximate surface area is 125 Å². The maximum absolute atomic E-state index is 12.3. The highest BCUT2D eigenvalue weighted by Gasteiger charge is 2.20. The van der Waals surface area contributed by atoms with Gasteiger partial charge in [-0.2, -0.15) is 4.31 Å². The fourth-order valence-electron chi connectivity index (χ4n) is 1.75. The number of para-hydroxylation sites is 1. The van der Waals surface area contributed by atoms with E-state index in [2.05, 4.69) is 0 Å². The fourth-order valence-corrected chi connectivity index (χ4v) is 2.90. The average Bonchev–Trinajstić information content (AvgIpc) is 2.48. The van der Waals surface area contributed by atoms with Gasteiger partial charge in [0.2, 0.25) is 10.0 Å².